The number of rotatable bonds is 9. The lowest BCUT2D eigenvalue weighted by atomic mass is 9.94. The zero-order valence-electron chi connectivity index (χ0n) is 21.8. The molecule has 0 atom stereocenters. The Morgan fingerprint density at radius 2 is 1.95 bits per heavy atom. The van der Waals surface area contributed by atoms with Gasteiger partial charge in [-0.15, -0.1) is 0 Å². The molecule has 2 N–H and O–H groups in total. The zero-order valence-corrected chi connectivity index (χ0v) is 22.6. The minimum atomic E-state index is 0.0827. The Morgan fingerprint density at radius 1 is 1.16 bits per heavy atom. The fraction of sp³-hybridized carbons (Fsp3) is 0.414. The van der Waals surface area contributed by atoms with Crippen molar-refractivity contribution in [1.82, 2.24) is 19.8 Å². The highest BCUT2D eigenvalue weighted by molar-refractivity contribution is 6.32. The number of hydrogen-bond acceptors (Lipinski definition) is 6. The van der Waals surface area contributed by atoms with Crippen LogP contribution < -0.4 is 5.32 Å². The van der Waals surface area contributed by atoms with E-state index in [0.29, 0.717) is 24.1 Å². The lowest BCUT2D eigenvalue weighted by Gasteiger charge is -2.34. The Labute approximate surface area is 224 Å². The third kappa shape index (κ3) is 7.21. The van der Waals surface area contributed by atoms with Crippen molar-refractivity contribution in [1.29, 1.82) is 0 Å². The second kappa shape index (κ2) is 12.4. The number of anilines is 1. The third-order valence-electron chi connectivity index (χ3n) is 6.91. The van der Waals surface area contributed by atoms with Crippen LogP contribution in [0.3, 0.4) is 0 Å². The Kier molecular flexibility index (Phi) is 9.00. The van der Waals surface area contributed by atoms with Gasteiger partial charge in [-0.2, -0.15) is 0 Å². The minimum Gasteiger partial charge on any atom is -0.506 e. The maximum absolute atomic E-state index is 13.3. The molecule has 1 aliphatic rings. The molecule has 0 radical (unpaired) electrons. The molecule has 7 nitrogen and oxygen atoms in total. The minimum absolute atomic E-state index is 0.0827. The summed E-state index contributed by atoms with van der Waals surface area (Å²) >= 11 is 6.00. The molecule has 1 saturated heterocycles. The Morgan fingerprint density at radius 3 is 2.68 bits per heavy atom. The van der Waals surface area contributed by atoms with Crippen molar-refractivity contribution in [3.05, 3.63) is 70.9 Å². The van der Waals surface area contributed by atoms with Crippen LogP contribution in [0.5, 0.6) is 5.75 Å². The number of benzene rings is 2. The summed E-state index contributed by atoms with van der Waals surface area (Å²) in [4.78, 5) is 26.7. The smallest absolute Gasteiger partial charge is 0.226 e. The summed E-state index contributed by atoms with van der Waals surface area (Å²) in [6.07, 6.45) is 4.32. The van der Waals surface area contributed by atoms with Crippen LogP contribution in [-0.4, -0.2) is 63.5 Å². The van der Waals surface area contributed by atoms with Crippen molar-refractivity contribution in [3.63, 3.8) is 0 Å². The van der Waals surface area contributed by atoms with Gasteiger partial charge in [-0.3, -0.25) is 4.79 Å². The van der Waals surface area contributed by atoms with Gasteiger partial charge in [0.15, 0.2) is 0 Å². The number of nitrogens with zero attached hydrogens (tertiary/aromatic N) is 4. The van der Waals surface area contributed by atoms with E-state index in [4.69, 9.17) is 16.6 Å². The van der Waals surface area contributed by atoms with Gasteiger partial charge in [0.1, 0.15) is 5.75 Å². The first-order valence-electron chi connectivity index (χ1n) is 12.9. The van der Waals surface area contributed by atoms with Gasteiger partial charge in [-0.05, 0) is 88.6 Å². The standard InChI is InChI=1S/C29H36ClN5O2/c1-20(2)35(28(37)23-11-15-34(3)16-12-23)19-22-5-4-6-24(17-22)26-10-14-32-29(33-26)31-13-9-21-7-8-27(36)25(30)18-21/h4-8,10,14,17-18,20,23,36H,9,11-13,15-16,19H2,1-3H3,(H,31,32,33). The fourth-order valence-electron chi connectivity index (χ4n) is 4.66. The highest BCUT2D eigenvalue weighted by Gasteiger charge is 2.29. The molecule has 2 aromatic carbocycles. The van der Waals surface area contributed by atoms with Crippen molar-refractivity contribution in [2.75, 3.05) is 32.0 Å². The normalized spacial score (nSPS) is 14.6. The van der Waals surface area contributed by atoms with Gasteiger partial charge in [0, 0.05) is 36.8 Å². The number of phenols is 1. The van der Waals surface area contributed by atoms with Gasteiger partial charge in [0.25, 0.3) is 0 Å². The lowest BCUT2D eigenvalue weighted by Crippen LogP contribution is -2.44. The Balaban J connectivity index is 1.41. The maximum Gasteiger partial charge on any atom is 0.226 e. The van der Waals surface area contributed by atoms with Crippen LogP contribution in [0.4, 0.5) is 5.95 Å². The number of nitrogens with one attached hydrogen (secondary N) is 1. The van der Waals surface area contributed by atoms with Crippen molar-refractivity contribution in [2.24, 2.45) is 5.92 Å². The van der Waals surface area contributed by atoms with E-state index in [9.17, 15) is 9.90 Å². The van der Waals surface area contributed by atoms with Crippen LogP contribution in [0, 0.1) is 5.92 Å². The number of hydrogen-bond donors (Lipinski definition) is 2. The van der Waals surface area contributed by atoms with E-state index in [2.05, 4.69) is 48.2 Å². The third-order valence-corrected chi connectivity index (χ3v) is 7.22. The molecule has 8 heteroatoms. The molecule has 1 fully saturated rings. The lowest BCUT2D eigenvalue weighted by molar-refractivity contribution is -0.139. The van der Waals surface area contributed by atoms with Crippen molar-refractivity contribution < 1.29 is 9.90 Å². The molecular weight excluding hydrogens is 486 g/mol. The molecule has 2 heterocycles. The van der Waals surface area contributed by atoms with E-state index in [1.165, 1.54) is 0 Å². The van der Waals surface area contributed by atoms with E-state index in [-0.39, 0.29) is 23.6 Å². The van der Waals surface area contributed by atoms with E-state index >= 15 is 0 Å². The molecular formula is C29H36ClN5O2. The summed E-state index contributed by atoms with van der Waals surface area (Å²) < 4.78 is 0. The van der Waals surface area contributed by atoms with Crippen LogP contribution in [0.25, 0.3) is 11.3 Å². The number of carbonyl (C=O) groups excluding carboxylic acids is 1. The molecule has 37 heavy (non-hydrogen) atoms. The Bertz CT molecular complexity index is 1210. The van der Waals surface area contributed by atoms with Gasteiger partial charge >= 0.3 is 0 Å². The molecule has 4 rings (SSSR count). The molecule has 0 spiro atoms. The first-order valence-corrected chi connectivity index (χ1v) is 13.3. The number of amides is 1. The number of halogens is 1. The van der Waals surface area contributed by atoms with Crippen molar-refractivity contribution in [2.45, 2.75) is 45.7 Å². The number of aromatic nitrogens is 2. The van der Waals surface area contributed by atoms with Crippen LogP contribution in [-0.2, 0) is 17.8 Å². The largest absolute Gasteiger partial charge is 0.506 e. The Hall–Kier alpha value is -3.16. The van der Waals surface area contributed by atoms with E-state index in [1.807, 2.05) is 29.2 Å². The van der Waals surface area contributed by atoms with E-state index in [1.54, 1.807) is 18.3 Å². The molecule has 1 aliphatic heterocycles. The summed E-state index contributed by atoms with van der Waals surface area (Å²) in [5.41, 5.74) is 3.92. The topological polar surface area (TPSA) is 81.6 Å². The average molecular weight is 522 g/mol. The molecule has 0 unspecified atom stereocenters. The van der Waals surface area contributed by atoms with Crippen LogP contribution >= 0.6 is 11.6 Å². The average Bonchev–Trinajstić information content (AvgIpc) is 2.89. The SMILES string of the molecule is CC(C)N(Cc1cccc(-c2ccnc(NCCc3ccc(O)c(Cl)c3)n2)c1)C(=O)C1CCN(C)CC1. The van der Waals surface area contributed by atoms with Gasteiger partial charge in [-0.1, -0.05) is 35.9 Å². The van der Waals surface area contributed by atoms with Gasteiger partial charge in [-0.25, -0.2) is 9.97 Å². The zero-order chi connectivity index (χ0) is 26.4. The number of aromatic hydroxyl groups is 1. The number of piperidine rings is 1. The second-order valence-electron chi connectivity index (χ2n) is 10.1. The molecule has 196 valence electrons. The highest BCUT2D eigenvalue weighted by atomic mass is 35.5. The maximum atomic E-state index is 13.3. The summed E-state index contributed by atoms with van der Waals surface area (Å²) in [5.74, 6) is 1.00. The monoisotopic (exact) mass is 521 g/mol. The van der Waals surface area contributed by atoms with Gasteiger partial charge < -0.3 is 20.2 Å². The molecule has 0 saturated carbocycles. The molecule has 0 aliphatic carbocycles. The summed E-state index contributed by atoms with van der Waals surface area (Å²) in [5, 5.41) is 13.2. The van der Waals surface area contributed by atoms with Gasteiger partial charge in [0.05, 0.1) is 10.7 Å². The fourth-order valence-corrected chi connectivity index (χ4v) is 4.86. The molecule has 1 aromatic heterocycles. The number of likely N-dealkylation sites (tertiary alicyclic amines) is 1. The molecule has 0 bridgehead atoms. The van der Waals surface area contributed by atoms with E-state index < -0.39 is 0 Å². The summed E-state index contributed by atoms with van der Waals surface area (Å²) in [6, 6.07) is 15.5. The number of phenolic OH excluding ortho intramolecular Hbond substituents is 1. The van der Waals surface area contributed by atoms with Crippen molar-refractivity contribution >= 4 is 23.5 Å². The predicted molar refractivity (Wildman–Crippen MR) is 149 cm³/mol. The molecule has 1 amide bonds. The molecule has 3 aromatic rings. The predicted octanol–water partition coefficient (Wildman–Crippen LogP) is 5.24. The first kappa shape index (κ1) is 26.9. The second-order valence-corrected chi connectivity index (χ2v) is 10.5. The first-order chi connectivity index (χ1) is 17.8. The van der Waals surface area contributed by atoms with Crippen LogP contribution in [0.1, 0.15) is 37.8 Å². The number of carbonyl (C=O) groups is 1. The van der Waals surface area contributed by atoms with Crippen molar-refractivity contribution in [3.8, 4) is 17.0 Å². The highest BCUT2D eigenvalue weighted by Crippen LogP contribution is 2.25. The van der Waals surface area contributed by atoms with E-state index in [0.717, 1.165) is 54.7 Å². The summed E-state index contributed by atoms with van der Waals surface area (Å²) in [6.45, 7) is 7.35. The summed E-state index contributed by atoms with van der Waals surface area (Å²) in [7, 11) is 2.12. The quantitative estimate of drug-likeness (QED) is 0.401. The van der Waals surface area contributed by atoms with Crippen LogP contribution in [0.2, 0.25) is 5.02 Å². The van der Waals surface area contributed by atoms with Crippen LogP contribution in [0.15, 0.2) is 54.7 Å². The van der Waals surface area contributed by atoms with Gasteiger partial charge in [0.2, 0.25) is 11.9 Å².